The first-order chi connectivity index (χ1) is 6.40. The van der Waals surface area contributed by atoms with Crippen molar-refractivity contribution in [1.29, 1.82) is 0 Å². The first kappa shape index (κ1) is 15.1. The number of hydrogen-bond donors (Lipinski definition) is 1. The maximum Gasteiger partial charge on any atom is 1.00 e. The summed E-state index contributed by atoms with van der Waals surface area (Å²) in [5.74, 6) is -0.895. The monoisotopic (exact) mass is 242 g/mol. The average Bonchev–Trinajstić information content (AvgIpc) is 2.01. The second-order valence-electron chi connectivity index (χ2n) is 2.81. The fourth-order valence-corrected chi connectivity index (χ4v) is 1.07. The maximum atomic E-state index is 12.1. The molecule has 3 nitrogen and oxygen atoms in total. The zero-order chi connectivity index (χ0) is 10.8. The van der Waals surface area contributed by atoms with Crippen molar-refractivity contribution in [2.24, 2.45) is 5.73 Å². The first-order valence-corrected chi connectivity index (χ1v) is 3.84. The number of aromatic nitrogens is 1. The van der Waals surface area contributed by atoms with Gasteiger partial charge in [-0.15, -0.1) is 0 Å². The van der Waals surface area contributed by atoms with E-state index in [0.717, 1.165) is 12.3 Å². The van der Waals surface area contributed by atoms with Crippen LogP contribution in [0.3, 0.4) is 0 Å². The Labute approximate surface area is 127 Å². The number of hydrogen-bond acceptors (Lipinski definition) is 2. The summed E-state index contributed by atoms with van der Waals surface area (Å²) in [6, 6.07) is 1.15. The van der Waals surface area contributed by atoms with E-state index in [4.69, 9.17) is 5.73 Å². The molecule has 1 aromatic heterocycles. The van der Waals surface area contributed by atoms with Crippen molar-refractivity contribution in [3.05, 3.63) is 29.6 Å². The van der Waals surface area contributed by atoms with Gasteiger partial charge in [-0.25, -0.2) is 0 Å². The van der Waals surface area contributed by atoms with E-state index in [0.29, 0.717) is 0 Å². The predicted molar refractivity (Wildman–Crippen MR) is 45.5 cm³/mol. The zero-order valence-corrected chi connectivity index (χ0v) is 11.2. The van der Waals surface area contributed by atoms with Crippen LogP contribution in [0, 0.1) is 0 Å². The number of amides is 1. The number of carbonyl (C=O) groups excluding carboxylic acids is 1. The number of nitrogens with zero attached hydrogens (tertiary/aromatic N) is 1. The molecule has 1 amide bonds. The average molecular weight is 242 g/mol. The Hall–Kier alpha value is 0.111. The van der Waals surface area contributed by atoms with E-state index in [1.54, 1.807) is 0 Å². The van der Waals surface area contributed by atoms with Crippen LogP contribution in [0.1, 0.15) is 15.9 Å². The van der Waals surface area contributed by atoms with Gasteiger partial charge in [0, 0.05) is 12.4 Å². The van der Waals surface area contributed by atoms with E-state index in [2.05, 4.69) is 4.98 Å². The molecule has 0 fully saturated rings. The molecule has 0 aromatic carbocycles. The second-order valence-corrected chi connectivity index (χ2v) is 2.81. The van der Waals surface area contributed by atoms with E-state index in [1.165, 1.54) is 6.20 Å². The summed E-state index contributed by atoms with van der Waals surface area (Å²) >= 11 is 0. The molecule has 0 aliphatic heterocycles. The third-order valence-corrected chi connectivity index (χ3v) is 1.63. The molecule has 0 aliphatic rings. The summed E-state index contributed by atoms with van der Waals surface area (Å²) in [4.78, 5) is 14.3. The maximum absolute atomic E-state index is 12.1. The fourth-order valence-electron chi connectivity index (χ4n) is 1.07. The molecule has 0 saturated heterocycles. The number of nitrogens with two attached hydrogens (primary N) is 1. The van der Waals surface area contributed by atoms with Crippen LogP contribution in [-0.2, 0) is 6.32 Å². The van der Waals surface area contributed by atoms with Gasteiger partial charge in [0.25, 0.3) is 0 Å². The molecule has 2 N–H and O–H groups in total. The van der Waals surface area contributed by atoms with Gasteiger partial charge >= 0.3 is 58.4 Å². The van der Waals surface area contributed by atoms with Crippen molar-refractivity contribution < 1.29 is 69.1 Å². The quantitative estimate of drug-likeness (QED) is 0.630. The van der Waals surface area contributed by atoms with Crippen molar-refractivity contribution >= 4 is 12.9 Å². The minimum atomic E-state index is -4.97. The van der Waals surface area contributed by atoms with Gasteiger partial charge in [0.1, 0.15) is 0 Å². The van der Waals surface area contributed by atoms with Gasteiger partial charge in [-0.05, 0) is 6.07 Å². The summed E-state index contributed by atoms with van der Waals surface area (Å²) < 4.78 is 36.2. The normalized spacial score (nSPS) is 10.6. The van der Waals surface area contributed by atoms with Gasteiger partial charge in [-0.3, -0.25) is 9.78 Å². The molecule has 0 bridgehead atoms. The van der Waals surface area contributed by atoms with Crippen LogP contribution < -0.4 is 57.1 Å². The summed E-state index contributed by atoms with van der Waals surface area (Å²) in [5.41, 5.74) is 4.59. The summed E-state index contributed by atoms with van der Waals surface area (Å²) in [6.45, 7) is -4.97. The van der Waals surface area contributed by atoms with Gasteiger partial charge in [0.05, 0.1) is 5.56 Å². The molecular formula is C7H7BF3KN2O. The summed E-state index contributed by atoms with van der Waals surface area (Å²) in [5, 5.41) is 0. The van der Waals surface area contributed by atoms with E-state index in [-0.39, 0.29) is 62.5 Å². The Morgan fingerprint density at radius 3 is 2.53 bits per heavy atom. The number of carbonyl (C=O) groups is 1. The third kappa shape index (κ3) is 5.12. The van der Waals surface area contributed by atoms with Crippen LogP contribution in [0.2, 0.25) is 0 Å². The molecule has 76 valence electrons. The molecule has 0 atom stereocenters. The molecule has 1 aromatic rings. The standard InChI is InChI=1S/C7H7BF3N2O.K/c9-8(10,11)3-5-1-2-13-4-6(5)7(12)14;/h1-2,4H,3H2,(H2,12,14);/q-1;+1. The Balaban J connectivity index is 0.00000196. The van der Waals surface area contributed by atoms with Gasteiger partial charge in [-0.2, -0.15) is 0 Å². The topological polar surface area (TPSA) is 56.0 Å². The van der Waals surface area contributed by atoms with E-state index in [9.17, 15) is 17.7 Å². The van der Waals surface area contributed by atoms with Gasteiger partial charge in [-0.1, -0.05) is 11.9 Å². The van der Waals surface area contributed by atoms with E-state index in [1.807, 2.05) is 0 Å². The van der Waals surface area contributed by atoms with Crippen molar-refractivity contribution in [1.82, 2.24) is 4.98 Å². The number of halogens is 3. The molecule has 15 heavy (non-hydrogen) atoms. The zero-order valence-electron chi connectivity index (χ0n) is 8.08. The smallest absolute Gasteiger partial charge is 0.449 e. The van der Waals surface area contributed by atoms with E-state index < -0.39 is 19.2 Å². The Bertz CT molecular complexity index is 358. The van der Waals surface area contributed by atoms with E-state index >= 15 is 0 Å². The molecule has 0 radical (unpaired) electrons. The van der Waals surface area contributed by atoms with Crippen LogP contribution in [0.15, 0.2) is 18.5 Å². The van der Waals surface area contributed by atoms with Gasteiger partial charge in [0.15, 0.2) is 0 Å². The Morgan fingerprint density at radius 1 is 1.47 bits per heavy atom. The van der Waals surface area contributed by atoms with Crippen LogP contribution in [-0.4, -0.2) is 17.9 Å². The van der Waals surface area contributed by atoms with Crippen LogP contribution >= 0.6 is 0 Å². The van der Waals surface area contributed by atoms with Gasteiger partial charge in [0.2, 0.25) is 5.91 Å². The molecular weight excluding hydrogens is 235 g/mol. The summed E-state index contributed by atoms with van der Waals surface area (Å²) in [6.07, 6.45) is 1.13. The molecule has 1 heterocycles. The van der Waals surface area contributed by atoms with Gasteiger partial charge < -0.3 is 18.7 Å². The molecule has 8 heteroatoms. The minimum Gasteiger partial charge on any atom is -0.449 e. The SMILES string of the molecule is NC(=O)c1cnccc1C[B-](F)(F)F.[K+]. The number of pyridine rings is 1. The molecule has 0 saturated carbocycles. The van der Waals surface area contributed by atoms with Crippen molar-refractivity contribution in [3.63, 3.8) is 0 Å². The molecule has 0 aliphatic carbocycles. The Kier molecular flexibility index (Phi) is 6.04. The van der Waals surface area contributed by atoms with Crippen LogP contribution in [0.4, 0.5) is 12.9 Å². The fraction of sp³-hybridized carbons (Fsp3) is 0.143. The number of rotatable bonds is 3. The minimum absolute atomic E-state index is 0. The second kappa shape index (κ2) is 6.00. The predicted octanol–water partition coefficient (Wildman–Crippen LogP) is -1.89. The molecule has 1 rings (SSSR count). The van der Waals surface area contributed by atoms with Crippen LogP contribution in [0.5, 0.6) is 0 Å². The largest absolute Gasteiger partial charge is 1.00 e. The van der Waals surface area contributed by atoms with Crippen molar-refractivity contribution in [2.45, 2.75) is 6.32 Å². The molecule has 0 spiro atoms. The van der Waals surface area contributed by atoms with Crippen molar-refractivity contribution in [2.75, 3.05) is 0 Å². The third-order valence-electron chi connectivity index (χ3n) is 1.63. The summed E-state index contributed by atoms with van der Waals surface area (Å²) in [7, 11) is 0. The number of primary amides is 1. The van der Waals surface area contributed by atoms with Crippen molar-refractivity contribution in [3.8, 4) is 0 Å². The molecule has 0 unspecified atom stereocenters. The van der Waals surface area contributed by atoms with Crippen LogP contribution in [0.25, 0.3) is 0 Å². The first-order valence-electron chi connectivity index (χ1n) is 3.84. The Morgan fingerprint density at radius 2 is 2.07 bits per heavy atom.